The molecule has 0 atom stereocenters. The highest BCUT2D eigenvalue weighted by Gasteiger charge is 1.94. The van der Waals surface area contributed by atoms with E-state index in [-0.39, 0.29) is 0 Å². The molecular weight excluding hydrogens is 136 g/mol. The Bertz CT molecular complexity index is 270. The fraction of sp³-hybridized carbons (Fsp3) is 0.200. The molecule has 0 amide bonds. The lowest BCUT2D eigenvalue weighted by Crippen LogP contribution is -1.94. The smallest absolute Gasteiger partial charge is 0.148 e. The van der Waals surface area contributed by atoms with Crippen LogP contribution in [0.25, 0.3) is 0 Å². The molecule has 0 N–H and O–H groups in total. The van der Waals surface area contributed by atoms with Crippen LogP contribution in [0.3, 0.4) is 0 Å². The molecule has 0 aliphatic rings. The first-order valence-electron chi connectivity index (χ1n) is 3.37. The van der Waals surface area contributed by atoms with Gasteiger partial charge >= 0.3 is 0 Å². The molecular formula is C10H9O. The molecule has 0 bridgehead atoms. The van der Waals surface area contributed by atoms with Gasteiger partial charge in [-0.25, -0.2) is 0 Å². The third kappa shape index (κ3) is 2.01. The summed E-state index contributed by atoms with van der Waals surface area (Å²) >= 11 is 0. The van der Waals surface area contributed by atoms with E-state index < -0.39 is 0 Å². The van der Waals surface area contributed by atoms with E-state index in [0.29, 0.717) is 6.61 Å². The lowest BCUT2D eigenvalue weighted by atomic mass is 10.2. The SMILES string of the molecule is C#CCOc1c[c]ccc1C. The molecule has 0 saturated carbocycles. The zero-order valence-corrected chi connectivity index (χ0v) is 6.42. The van der Waals surface area contributed by atoms with Crippen LogP contribution in [-0.2, 0) is 0 Å². The summed E-state index contributed by atoms with van der Waals surface area (Å²) in [6.07, 6.45) is 5.04. The third-order valence-corrected chi connectivity index (χ3v) is 1.34. The van der Waals surface area contributed by atoms with Crippen LogP contribution in [0.4, 0.5) is 0 Å². The second kappa shape index (κ2) is 3.68. The van der Waals surface area contributed by atoms with Gasteiger partial charge in [0.2, 0.25) is 0 Å². The Kier molecular flexibility index (Phi) is 2.57. The van der Waals surface area contributed by atoms with Crippen molar-refractivity contribution < 1.29 is 4.74 Å². The standard InChI is InChI=1S/C10H9O/c1-3-8-11-10-7-5-4-6-9(10)2/h1,4,6-7H,8H2,2H3. The van der Waals surface area contributed by atoms with Crippen LogP contribution in [0.1, 0.15) is 5.56 Å². The average molecular weight is 145 g/mol. The van der Waals surface area contributed by atoms with Gasteiger partial charge in [-0.15, -0.1) is 6.42 Å². The molecule has 1 radical (unpaired) electrons. The van der Waals surface area contributed by atoms with E-state index in [1.165, 1.54) is 0 Å². The van der Waals surface area contributed by atoms with Gasteiger partial charge in [0.25, 0.3) is 0 Å². The number of benzene rings is 1. The van der Waals surface area contributed by atoms with Gasteiger partial charge in [0.15, 0.2) is 0 Å². The van der Waals surface area contributed by atoms with Gasteiger partial charge in [-0.2, -0.15) is 0 Å². The summed E-state index contributed by atoms with van der Waals surface area (Å²) in [4.78, 5) is 0. The van der Waals surface area contributed by atoms with Crippen LogP contribution in [0.5, 0.6) is 5.75 Å². The van der Waals surface area contributed by atoms with Crippen molar-refractivity contribution in [3.63, 3.8) is 0 Å². The highest BCUT2D eigenvalue weighted by molar-refractivity contribution is 5.31. The highest BCUT2D eigenvalue weighted by Crippen LogP contribution is 2.14. The topological polar surface area (TPSA) is 9.23 Å². The van der Waals surface area contributed by atoms with Crippen LogP contribution in [-0.4, -0.2) is 6.61 Å². The molecule has 1 aromatic carbocycles. The van der Waals surface area contributed by atoms with Gasteiger partial charge in [-0.05, 0) is 24.6 Å². The normalized spacial score (nSPS) is 8.73. The first-order valence-corrected chi connectivity index (χ1v) is 3.37. The van der Waals surface area contributed by atoms with Crippen molar-refractivity contribution in [2.75, 3.05) is 6.61 Å². The summed E-state index contributed by atoms with van der Waals surface area (Å²) in [7, 11) is 0. The maximum atomic E-state index is 5.22. The largest absolute Gasteiger partial charge is 0.481 e. The summed E-state index contributed by atoms with van der Waals surface area (Å²) in [6.45, 7) is 2.29. The van der Waals surface area contributed by atoms with Crippen molar-refractivity contribution in [2.24, 2.45) is 0 Å². The van der Waals surface area contributed by atoms with Gasteiger partial charge in [0.1, 0.15) is 12.4 Å². The van der Waals surface area contributed by atoms with E-state index in [2.05, 4.69) is 12.0 Å². The Balaban J connectivity index is 2.71. The molecule has 11 heavy (non-hydrogen) atoms. The monoisotopic (exact) mass is 145 g/mol. The predicted octanol–water partition coefficient (Wildman–Crippen LogP) is 1.81. The van der Waals surface area contributed by atoms with Crippen LogP contribution >= 0.6 is 0 Å². The summed E-state index contributed by atoms with van der Waals surface area (Å²) in [6, 6.07) is 8.48. The van der Waals surface area contributed by atoms with Crippen molar-refractivity contribution in [3.8, 4) is 18.1 Å². The molecule has 1 aromatic rings. The number of hydrogen-bond acceptors (Lipinski definition) is 1. The lowest BCUT2D eigenvalue weighted by Gasteiger charge is -2.03. The van der Waals surface area contributed by atoms with Crippen molar-refractivity contribution in [1.82, 2.24) is 0 Å². The summed E-state index contributed by atoms with van der Waals surface area (Å²) in [5.74, 6) is 3.22. The minimum Gasteiger partial charge on any atom is -0.481 e. The number of ether oxygens (including phenoxy) is 1. The maximum Gasteiger partial charge on any atom is 0.148 e. The zero-order valence-electron chi connectivity index (χ0n) is 6.42. The van der Waals surface area contributed by atoms with Gasteiger partial charge in [-0.3, -0.25) is 0 Å². The summed E-state index contributed by atoms with van der Waals surface area (Å²) in [5, 5.41) is 0. The van der Waals surface area contributed by atoms with Gasteiger partial charge in [-0.1, -0.05) is 18.1 Å². The van der Waals surface area contributed by atoms with Crippen molar-refractivity contribution in [1.29, 1.82) is 0 Å². The minimum absolute atomic E-state index is 0.318. The molecule has 0 aliphatic carbocycles. The van der Waals surface area contributed by atoms with Crippen LogP contribution in [0.15, 0.2) is 18.2 Å². The molecule has 0 spiro atoms. The maximum absolute atomic E-state index is 5.22. The Morgan fingerprint density at radius 3 is 3.18 bits per heavy atom. The molecule has 0 heterocycles. The molecule has 0 aliphatic heterocycles. The van der Waals surface area contributed by atoms with E-state index in [1.54, 1.807) is 6.07 Å². The first kappa shape index (κ1) is 7.68. The molecule has 1 heteroatoms. The molecule has 0 unspecified atom stereocenters. The van der Waals surface area contributed by atoms with E-state index >= 15 is 0 Å². The predicted molar refractivity (Wildman–Crippen MR) is 44.3 cm³/mol. The lowest BCUT2D eigenvalue weighted by molar-refractivity contribution is 0.367. The Morgan fingerprint density at radius 1 is 1.73 bits per heavy atom. The van der Waals surface area contributed by atoms with E-state index in [1.807, 2.05) is 19.1 Å². The van der Waals surface area contributed by atoms with Gasteiger partial charge < -0.3 is 4.74 Å². The van der Waals surface area contributed by atoms with Crippen molar-refractivity contribution in [2.45, 2.75) is 6.92 Å². The summed E-state index contributed by atoms with van der Waals surface area (Å²) < 4.78 is 5.22. The average Bonchev–Trinajstić information content (AvgIpc) is 2.03. The second-order valence-corrected chi connectivity index (χ2v) is 2.18. The van der Waals surface area contributed by atoms with E-state index in [9.17, 15) is 0 Å². The second-order valence-electron chi connectivity index (χ2n) is 2.18. The third-order valence-electron chi connectivity index (χ3n) is 1.34. The van der Waals surface area contributed by atoms with Gasteiger partial charge in [0.05, 0.1) is 0 Å². The van der Waals surface area contributed by atoms with Crippen molar-refractivity contribution >= 4 is 0 Å². The quantitative estimate of drug-likeness (QED) is 0.577. The molecule has 0 aromatic heterocycles. The molecule has 55 valence electrons. The number of terminal acetylenes is 1. The van der Waals surface area contributed by atoms with Crippen LogP contribution < -0.4 is 4.74 Å². The fourth-order valence-electron chi connectivity index (χ4n) is 0.768. The fourth-order valence-corrected chi connectivity index (χ4v) is 0.768. The minimum atomic E-state index is 0.318. The summed E-state index contributed by atoms with van der Waals surface area (Å²) in [5.41, 5.74) is 1.08. The number of rotatable bonds is 2. The molecule has 0 saturated heterocycles. The number of hydrogen-bond donors (Lipinski definition) is 0. The first-order chi connectivity index (χ1) is 5.34. The van der Waals surface area contributed by atoms with Crippen molar-refractivity contribution in [3.05, 3.63) is 29.8 Å². The van der Waals surface area contributed by atoms with E-state index in [4.69, 9.17) is 11.2 Å². The zero-order chi connectivity index (χ0) is 8.10. The van der Waals surface area contributed by atoms with Crippen LogP contribution in [0, 0.1) is 25.3 Å². The molecule has 0 fully saturated rings. The van der Waals surface area contributed by atoms with Crippen LogP contribution in [0.2, 0.25) is 0 Å². The Hall–Kier alpha value is -1.42. The number of aryl methyl sites for hydroxylation is 1. The Morgan fingerprint density at radius 2 is 2.55 bits per heavy atom. The van der Waals surface area contributed by atoms with E-state index in [0.717, 1.165) is 11.3 Å². The highest BCUT2D eigenvalue weighted by atomic mass is 16.5. The molecule has 1 rings (SSSR count). The van der Waals surface area contributed by atoms with Gasteiger partial charge in [0, 0.05) is 0 Å². The Labute approximate surface area is 67.0 Å². The molecule has 1 nitrogen and oxygen atoms in total.